The number of anilines is 1. The van der Waals surface area contributed by atoms with Gasteiger partial charge in [0.1, 0.15) is 22.7 Å². The third kappa shape index (κ3) is 5.14. The zero-order valence-corrected chi connectivity index (χ0v) is 25.7. The minimum Gasteiger partial charge on any atom is -0.489 e. The van der Waals surface area contributed by atoms with Crippen LogP contribution in [-0.2, 0) is 6.54 Å². The first-order chi connectivity index (χ1) is 20.3. The first-order valence-corrected chi connectivity index (χ1v) is 16.1. The third-order valence-electron chi connectivity index (χ3n) is 8.55. The molecular weight excluding hydrogens is 595 g/mol. The Kier molecular flexibility index (Phi) is 7.33. The van der Waals surface area contributed by atoms with Crippen LogP contribution in [-0.4, -0.2) is 45.4 Å². The maximum Gasteiger partial charge on any atom is 0.335 e. The molecule has 3 aliphatic rings. The van der Waals surface area contributed by atoms with Gasteiger partial charge in [-0.1, -0.05) is 45.8 Å². The topological polar surface area (TPSA) is 101 Å². The third-order valence-corrected chi connectivity index (χ3v) is 10.2. The van der Waals surface area contributed by atoms with E-state index in [-0.39, 0.29) is 11.7 Å². The number of aromatic nitrogens is 2. The fourth-order valence-electron chi connectivity index (χ4n) is 6.55. The molecule has 3 fully saturated rings. The maximum absolute atomic E-state index is 11.8. The van der Waals surface area contributed by atoms with Gasteiger partial charge in [0.05, 0.1) is 26.4 Å². The SMILES string of the molecule is CC(C)Oc1cc(C(=O)O)cc2sc(N3C4CCC3CC(NCc3c(-c5c(Cl)cccc5Cl)noc3C3CC3)C4)nc12. The first-order valence-electron chi connectivity index (χ1n) is 14.6. The van der Waals surface area contributed by atoms with Crippen molar-refractivity contribution in [3.63, 3.8) is 0 Å². The number of nitrogens with zero attached hydrogens (tertiary/aromatic N) is 3. The molecular formula is C31H32Cl2N4O4S. The molecule has 2 aromatic heterocycles. The van der Waals surface area contributed by atoms with Crippen LogP contribution >= 0.6 is 34.5 Å². The summed E-state index contributed by atoms with van der Waals surface area (Å²) >= 11 is 14.7. The number of hydrogen-bond donors (Lipinski definition) is 2. The number of carboxylic acid groups (broad SMARTS) is 1. The average molecular weight is 628 g/mol. The minimum atomic E-state index is -0.968. The van der Waals surface area contributed by atoms with Gasteiger partial charge in [0.15, 0.2) is 5.13 Å². The van der Waals surface area contributed by atoms with E-state index in [2.05, 4.69) is 15.4 Å². The molecule has 2 atom stereocenters. The Balaban J connectivity index is 1.11. The van der Waals surface area contributed by atoms with Gasteiger partial charge in [-0.15, -0.1) is 0 Å². The van der Waals surface area contributed by atoms with E-state index in [1.165, 1.54) is 0 Å². The lowest BCUT2D eigenvalue weighted by Gasteiger charge is -2.39. The van der Waals surface area contributed by atoms with Gasteiger partial charge in [-0.2, -0.15) is 0 Å². The van der Waals surface area contributed by atoms with E-state index in [4.69, 9.17) is 37.4 Å². The molecule has 2 unspecified atom stereocenters. The number of benzene rings is 2. The van der Waals surface area contributed by atoms with Crippen molar-refractivity contribution >= 4 is 55.9 Å². The first kappa shape index (κ1) is 28.0. The van der Waals surface area contributed by atoms with E-state index in [1.54, 1.807) is 23.5 Å². The fourth-order valence-corrected chi connectivity index (χ4v) is 8.29. The molecule has 2 bridgehead atoms. The number of hydrogen-bond acceptors (Lipinski definition) is 8. The van der Waals surface area contributed by atoms with E-state index in [0.29, 0.717) is 46.4 Å². The van der Waals surface area contributed by atoms with E-state index in [0.717, 1.165) is 76.5 Å². The van der Waals surface area contributed by atoms with Gasteiger partial charge in [-0.25, -0.2) is 9.78 Å². The molecule has 8 nitrogen and oxygen atoms in total. The van der Waals surface area contributed by atoms with Crippen molar-refractivity contribution < 1.29 is 19.2 Å². The van der Waals surface area contributed by atoms with Gasteiger partial charge in [-0.05, 0) is 76.6 Å². The van der Waals surface area contributed by atoms with Crippen LogP contribution in [0.1, 0.15) is 80.0 Å². The molecule has 2 aromatic carbocycles. The Hall–Kier alpha value is -2.85. The molecule has 220 valence electrons. The summed E-state index contributed by atoms with van der Waals surface area (Å²) in [6.07, 6.45) is 6.34. The summed E-state index contributed by atoms with van der Waals surface area (Å²) in [5, 5.41) is 20.0. The summed E-state index contributed by atoms with van der Waals surface area (Å²) in [4.78, 5) is 19.2. The quantitative estimate of drug-likeness (QED) is 0.193. The van der Waals surface area contributed by atoms with Crippen molar-refractivity contribution in [3.05, 3.63) is 57.3 Å². The van der Waals surface area contributed by atoms with Crippen LogP contribution in [0, 0.1) is 0 Å². The number of ether oxygens (including phenoxy) is 1. The van der Waals surface area contributed by atoms with Crippen molar-refractivity contribution in [2.75, 3.05) is 4.90 Å². The molecule has 42 heavy (non-hydrogen) atoms. The summed E-state index contributed by atoms with van der Waals surface area (Å²) in [6.45, 7) is 4.51. The lowest BCUT2D eigenvalue weighted by molar-refractivity contribution is 0.0696. The zero-order chi connectivity index (χ0) is 29.1. The van der Waals surface area contributed by atoms with E-state index in [9.17, 15) is 9.90 Å². The largest absolute Gasteiger partial charge is 0.489 e. The van der Waals surface area contributed by atoms with Crippen LogP contribution in [0.4, 0.5) is 5.13 Å². The molecule has 2 aliphatic heterocycles. The number of aromatic carboxylic acids is 1. The molecule has 1 saturated carbocycles. The van der Waals surface area contributed by atoms with Gasteiger partial charge < -0.3 is 24.6 Å². The van der Waals surface area contributed by atoms with Crippen molar-refractivity contribution in [2.24, 2.45) is 0 Å². The number of carboxylic acids is 1. The molecule has 0 radical (unpaired) electrons. The van der Waals surface area contributed by atoms with Gasteiger partial charge in [0.2, 0.25) is 0 Å². The number of fused-ring (bicyclic) bond motifs is 3. The summed E-state index contributed by atoms with van der Waals surface area (Å²) in [5.41, 5.74) is 3.47. The lowest BCUT2D eigenvalue weighted by atomic mass is 9.97. The van der Waals surface area contributed by atoms with Crippen molar-refractivity contribution in [3.8, 4) is 17.0 Å². The number of piperidine rings is 1. The number of thiazole rings is 1. The highest BCUT2D eigenvalue weighted by atomic mass is 35.5. The Morgan fingerprint density at radius 3 is 2.52 bits per heavy atom. The number of carbonyl (C=O) groups is 1. The molecule has 1 aliphatic carbocycles. The molecule has 0 amide bonds. The normalized spacial score (nSPS) is 21.9. The zero-order valence-electron chi connectivity index (χ0n) is 23.4. The molecule has 2 saturated heterocycles. The van der Waals surface area contributed by atoms with E-state index < -0.39 is 5.97 Å². The monoisotopic (exact) mass is 626 g/mol. The van der Waals surface area contributed by atoms with Gasteiger partial charge >= 0.3 is 5.97 Å². The fraction of sp³-hybridized carbons (Fsp3) is 0.452. The number of halogens is 2. The second-order valence-electron chi connectivity index (χ2n) is 11.9. The van der Waals surface area contributed by atoms with Crippen LogP contribution in [0.15, 0.2) is 34.9 Å². The summed E-state index contributed by atoms with van der Waals surface area (Å²) < 4.78 is 12.7. The van der Waals surface area contributed by atoms with Crippen LogP contribution in [0.25, 0.3) is 21.5 Å². The highest BCUT2D eigenvalue weighted by Gasteiger charge is 2.42. The van der Waals surface area contributed by atoms with E-state index in [1.807, 2.05) is 32.0 Å². The average Bonchev–Trinajstić information content (AvgIpc) is 3.46. The molecule has 11 heteroatoms. The van der Waals surface area contributed by atoms with Crippen LogP contribution < -0.4 is 15.0 Å². The standard InChI is InChI=1S/C31H32Cl2N4O4S/c1-15(2)40-24-10-17(30(38)39)11-25-28(24)35-31(42-25)37-19-8-9-20(37)13-18(12-19)34-14-21-27(36-41-29(21)16-6-7-16)26-22(32)4-3-5-23(26)33/h3-5,10-11,15-16,18-20,34H,6-9,12-14H2,1-2H3,(H,38,39). The van der Waals surface area contributed by atoms with Crippen molar-refractivity contribution in [1.82, 2.24) is 15.5 Å². The predicted octanol–water partition coefficient (Wildman–Crippen LogP) is 7.91. The second-order valence-corrected chi connectivity index (χ2v) is 13.7. The Morgan fingerprint density at radius 2 is 1.88 bits per heavy atom. The minimum absolute atomic E-state index is 0.0827. The highest BCUT2D eigenvalue weighted by molar-refractivity contribution is 7.22. The molecule has 0 spiro atoms. The highest BCUT2D eigenvalue weighted by Crippen LogP contribution is 2.47. The molecule has 7 rings (SSSR count). The number of nitrogens with one attached hydrogen (secondary N) is 1. The Labute approximate surface area is 257 Å². The molecule has 4 heterocycles. The Morgan fingerprint density at radius 1 is 1.17 bits per heavy atom. The predicted molar refractivity (Wildman–Crippen MR) is 165 cm³/mol. The second kappa shape index (κ2) is 11.0. The van der Waals surface area contributed by atoms with Crippen LogP contribution in [0.5, 0.6) is 5.75 Å². The summed E-state index contributed by atoms with van der Waals surface area (Å²) in [7, 11) is 0. The van der Waals surface area contributed by atoms with Crippen LogP contribution in [0.3, 0.4) is 0 Å². The molecule has 4 aromatic rings. The van der Waals surface area contributed by atoms with E-state index >= 15 is 0 Å². The molecule has 2 N–H and O–H groups in total. The van der Waals surface area contributed by atoms with Crippen molar-refractivity contribution in [1.29, 1.82) is 0 Å². The van der Waals surface area contributed by atoms with Crippen LogP contribution in [0.2, 0.25) is 10.0 Å². The van der Waals surface area contributed by atoms with Gasteiger partial charge in [-0.3, -0.25) is 0 Å². The lowest BCUT2D eigenvalue weighted by Crippen LogP contribution is -2.49. The Bertz CT molecular complexity index is 1630. The summed E-state index contributed by atoms with van der Waals surface area (Å²) in [5.74, 6) is 0.919. The van der Waals surface area contributed by atoms with Gasteiger partial charge in [0, 0.05) is 41.7 Å². The smallest absolute Gasteiger partial charge is 0.335 e. The number of rotatable bonds is 9. The summed E-state index contributed by atoms with van der Waals surface area (Å²) in [6, 6.07) is 9.86. The van der Waals surface area contributed by atoms with Crippen molar-refractivity contribution in [2.45, 2.75) is 89.1 Å². The van der Waals surface area contributed by atoms with Gasteiger partial charge in [0.25, 0.3) is 0 Å². The maximum atomic E-state index is 11.8.